The first-order valence-corrected chi connectivity index (χ1v) is 13.2. The van der Waals surface area contributed by atoms with Crippen molar-refractivity contribution in [3.8, 4) is 22.2 Å². The van der Waals surface area contributed by atoms with E-state index in [-0.39, 0.29) is 23.6 Å². The third-order valence-corrected chi connectivity index (χ3v) is 7.51. The second kappa shape index (κ2) is 10.2. The van der Waals surface area contributed by atoms with Crippen LogP contribution in [0.2, 0.25) is 0 Å². The van der Waals surface area contributed by atoms with Gasteiger partial charge in [0.15, 0.2) is 17.1 Å². The Morgan fingerprint density at radius 3 is 2.80 bits per heavy atom. The molecule has 3 heterocycles. The maximum absolute atomic E-state index is 15.1. The van der Waals surface area contributed by atoms with Crippen LogP contribution in [-0.4, -0.2) is 50.9 Å². The predicted molar refractivity (Wildman–Crippen MR) is 152 cm³/mol. The van der Waals surface area contributed by atoms with Gasteiger partial charge in [-0.15, -0.1) is 11.3 Å². The summed E-state index contributed by atoms with van der Waals surface area (Å²) in [5.41, 5.74) is 4.41. The van der Waals surface area contributed by atoms with Gasteiger partial charge < -0.3 is 19.0 Å². The summed E-state index contributed by atoms with van der Waals surface area (Å²) in [6, 6.07) is 10.5. The third-order valence-electron chi connectivity index (χ3n) is 6.46. The number of hydrogen-bond acceptors (Lipinski definition) is 9. The number of halogens is 1. The molecule has 2 N–H and O–H groups in total. The first-order chi connectivity index (χ1) is 19.7. The largest absolute Gasteiger partial charge is 0.488 e. The molecule has 11 nitrogen and oxygen atoms in total. The van der Waals surface area contributed by atoms with Gasteiger partial charge in [-0.25, -0.2) is 28.9 Å². The second-order valence-corrected chi connectivity index (χ2v) is 10.4. The molecule has 0 saturated carbocycles. The average molecular weight is 576 g/mol. The number of fused-ring (bicyclic) bond motifs is 3. The first kappa shape index (κ1) is 26.2. The topological polar surface area (TPSA) is 144 Å². The highest BCUT2D eigenvalue weighted by molar-refractivity contribution is 7.21. The van der Waals surface area contributed by atoms with Gasteiger partial charge in [0.25, 0.3) is 0 Å². The van der Waals surface area contributed by atoms with Crippen LogP contribution in [0.1, 0.15) is 12.5 Å². The van der Waals surface area contributed by atoms with Gasteiger partial charge in [0, 0.05) is 23.8 Å². The zero-order valence-electron chi connectivity index (χ0n) is 22.0. The van der Waals surface area contributed by atoms with Crippen LogP contribution in [-0.2, 0) is 0 Å². The minimum Gasteiger partial charge on any atom is -0.488 e. The number of aromatic amines is 1. The van der Waals surface area contributed by atoms with Crippen molar-refractivity contribution < 1.29 is 28.2 Å². The van der Waals surface area contributed by atoms with Crippen molar-refractivity contribution in [2.24, 2.45) is 0 Å². The molecule has 0 saturated heterocycles. The number of ether oxygens (including phenoxy) is 2. The molecule has 3 aromatic heterocycles. The van der Waals surface area contributed by atoms with Crippen LogP contribution in [0.25, 0.3) is 42.9 Å². The maximum Gasteiger partial charge on any atom is 0.417 e. The predicted octanol–water partition coefficient (Wildman–Crippen LogP) is 5.75. The minimum absolute atomic E-state index is 0.0319. The lowest BCUT2D eigenvalue weighted by atomic mass is 10.1. The number of amides is 1. The van der Waals surface area contributed by atoms with Gasteiger partial charge in [-0.3, -0.25) is 9.88 Å². The molecule has 1 amide bonds. The molecule has 208 valence electrons. The van der Waals surface area contributed by atoms with E-state index in [4.69, 9.17) is 13.9 Å². The number of anilines is 1. The standard InChI is InChI=1S/C28H22FN5O6S/c1-13-6-16(25-20(7-13)31-24(38-3)11-30-25)26-32-19-9-17(29)21(10-23(19)41-26)39-12-14(2)34(28(36)37)15-4-5-18-22(8-15)40-27(35)33-18/h4-11,14H,12H2,1-3H3,(H,33,35)(H,36,37). The van der Waals surface area contributed by atoms with Gasteiger partial charge >= 0.3 is 11.8 Å². The van der Waals surface area contributed by atoms with E-state index in [1.807, 2.05) is 19.1 Å². The van der Waals surface area contributed by atoms with Gasteiger partial charge in [0.05, 0.1) is 51.8 Å². The molecule has 0 aliphatic rings. The minimum atomic E-state index is -1.24. The molecule has 1 unspecified atom stereocenters. The van der Waals surface area contributed by atoms with Crippen molar-refractivity contribution in [2.45, 2.75) is 19.9 Å². The highest BCUT2D eigenvalue weighted by Gasteiger charge is 2.24. The SMILES string of the molecule is COc1cnc2c(-c3nc4cc(F)c(OCC(C)N(C(=O)O)c5ccc6[nH]c(=O)oc6c5)cc4s3)cc(C)cc2n1. The fraction of sp³-hybridized carbons (Fsp3) is 0.179. The van der Waals surface area contributed by atoms with E-state index in [1.165, 1.54) is 36.8 Å². The molecule has 0 aliphatic heterocycles. The zero-order chi connectivity index (χ0) is 28.8. The number of carbonyl (C=O) groups is 1. The maximum atomic E-state index is 15.1. The quantitative estimate of drug-likeness (QED) is 0.243. The van der Waals surface area contributed by atoms with E-state index >= 15 is 4.39 Å². The van der Waals surface area contributed by atoms with E-state index in [0.29, 0.717) is 37.7 Å². The van der Waals surface area contributed by atoms with Crippen molar-refractivity contribution in [1.82, 2.24) is 19.9 Å². The Labute approximate surface area is 234 Å². The van der Waals surface area contributed by atoms with Gasteiger partial charge in [0.1, 0.15) is 11.6 Å². The van der Waals surface area contributed by atoms with Crippen molar-refractivity contribution in [1.29, 1.82) is 0 Å². The van der Waals surface area contributed by atoms with Crippen LogP contribution in [0.3, 0.4) is 0 Å². The summed E-state index contributed by atoms with van der Waals surface area (Å²) in [4.78, 5) is 40.8. The Morgan fingerprint density at radius 1 is 1.20 bits per heavy atom. The summed E-state index contributed by atoms with van der Waals surface area (Å²) in [6.45, 7) is 3.43. The van der Waals surface area contributed by atoms with Gasteiger partial charge in [-0.1, -0.05) is 0 Å². The number of thiazole rings is 1. The molecule has 1 atom stereocenters. The Kier molecular flexibility index (Phi) is 6.50. The number of benzene rings is 3. The number of H-pyrrole nitrogens is 1. The Bertz CT molecular complexity index is 2020. The van der Waals surface area contributed by atoms with Gasteiger partial charge in [-0.05, 0) is 43.7 Å². The number of methoxy groups -OCH3 is 1. The van der Waals surface area contributed by atoms with Crippen molar-refractivity contribution in [2.75, 3.05) is 18.6 Å². The van der Waals surface area contributed by atoms with E-state index in [2.05, 4.69) is 19.9 Å². The summed E-state index contributed by atoms with van der Waals surface area (Å²) in [6.07, 6.45) is 0.293. The highest BCUT2D eigenvalue weighted by Crippen LogP contribution is 2.37. The summed E-state index contributed by atoms with van der Waals surface area (Å²) < 4.78 is 31.8. The third kappa shape index (κ3) is 4.91. The summed E-state index contributed by atoms with van der Waals surface area (Å²) in [7, 11) is 1.52. The summed E-state index contributed by atoms with van der Waals surface area (Å²) in [5.74, 6) is -0.904. The number of nitrogens with one attached hydrogen (secondary N) is 1. The van der Waals surface area contributed by atoms with Crippen molar-refractivity contribution in [3.05, 3.63) is 70.6 Å². The molecule has 6 aromatic rings. The summed E-state index contributed by atoms with van der Waals surface area (Å²) >= 11 is 1.35. The highest BCUT2D eigenvalue weighted by atomic mass is 32.1. The lowest BCUT2D eigenvalue weighted by Crippen LogP contribution is -2.41. The van der Waals surface area contributed by atoms with Crippen molar-refractivity contribution >= 4 is 55.5 Å². The van der Waals surface area contributed by atoms with Crippen LogP contribution in [0.4, 0.5) is 14.9 Å². The van der Waals surface area contributed by atoms with E-state index in [1.54, 1.807) is 25.1 Å². The van der Waals surface area contributed by atoms with E-state index in [9.17, 15) is 14.7 Å². The fourth-order valence-corrected chi connectivity index (χ4v) is 5.58. The average Bonchev–Trinajstić information content (AvgIpc) is 3.52. The molecule has 3 aromatic carbocycles. The number of rotatable bonds is 7. The van der Waals surface area contributed by atoms with Crippen LogP contribution < -0.4 is 20.1 Å². The molecule has 0 aliphatic carbocycles. The Balaban J connectivity index is 1.28. The molecule has 41 heavy (non-hydrogen) atoms. The lowest BCUT2D eigenvalue weighted by molar-refractivity contribution is 0.194. The van der Waals surface area contributed by atoms with E-state index < -0.39 is 23.7 Å². The van der Waals surface area contributed by atoms with Crippen LogP contribution >= 0.6 is 11.3 Å². The number of aryl methyl sites for hydroxylation is 1. The number of carboxylic acid groups (broad SMARTS) is 1. The number of nitrogens with zero attached hydrogens (tertiary/aromatic N) is 4. The Hall–Kier alpha value is -5.04. The summed E-state index contributed by atoms with van der Waals surface area (Å²) in [5, 5.41) is 10.5. The van der Waals surface area contributed by atoms with Crippen molar-refractivity contribution in [3.63, 3.8) is 0 Å². The molecule has 0 bridgehead atoms. The van der Waals surface area contributed by atoms with Crippen LogP contribution in [0.15, 0.2) is 57.9 Å². The Morgan fingerprint density at radius 2 is 2.02 bits per heavy atom. The molecule has 6 rings (SSSR count). The number of aromatic nitrogens is 4. The monoisotopic (exact) mass is 575 g/mol. The molecule has 0 radical (unpaired) electrons. The second-order valence-electron chi connectivity index (χ2n) is 9.37. The van der Waals surface area contributed by atoms with Crippen LogP contribution in [0, 0.1) is 12.7 Å². The molecular weight excluding hydrogens is 553 g/mol. The normalized spacial score (nSPS) is 12.2. The van der Waals surface area contributed by atoms with Gasteiger partial charge in [-0.2, -0.15) is 0 Å². The first-order valence-electron chi connectivity index (χ1n) is 12.4. The molecule has 13 heteroatoms. The van der Waals surface area contributed by atoms with E-state index in [0.717, 1.165) is 16.0 Å². The smallest absolute Gasteiger partial charge is 0.417 e. The molecule has 0 fully saturated rings. The zero-order valence-corrected chi connectivity index (χ0v) is 22.8. The molecule has 0 spiro atoms. The van der Waals surface area contributed by atoms with Gasteiger partial charge in [0.2, 0.25) is 5.88 Å². The van der Waals surface area contributed by atoms with Crippen LogP contribution in [0.5, 0.6) is 11.6 Å². The number of oxazole rings is 1. The fourth-order valence-electron chi connectivity index (χ4n) is 4.59. The number of hydrogen-bond donors (Lipinski definition) is 2. The lowest BCUT2D eigenvalue weighted by Gasteiger charge is -2.26. The molecular formula is C28H22FN5O6S.